The van der Waals surface area contributed by atoms with Crippen molar-refractivity contribution >= 4 is 23.2 Å². The average molecular weight is 333 g/mol. The van der Waals surface area contributed by atoms with Crippen LogP contribution in [0.25, 0.3) is 0 Å². The number of hydrogen-bond donors (Lipinski definition) is 2. The molecule has 0 saturated carbocycles. The summed E-state index contributed by atoms with van der Waals surface area (Å²) < 4.78 is 5.18. The van der Waals surface area contributed by atoms with Gasteiger partial charge in [0, 0.05) is 11.9 Å². The number of benzene rings is 1. The molecule has 1 heterocycles. The van der Waals surface area contributed by atoms with Crippen LogP contribution in [-0.2, 0) is 0 Å². The highest BCUT2D eigenvalue weighted by molar-refractivity contribution is 7.11. The zero-order valence-corrected chi connectivity index (χ0v) is 14.1. The Morgan fingerprint density at radius 3 is 2.83 bits per heavy atom. The lowest BCUT2D eigenvalue weighted by atomic mass is 10.1. The van der Waals surface area contributed by atoms with Gasteiger partial charge in [-0.1, -0.05) is 12.1 Å². The van der Waals surface area contributed by atoms with Gasteiger partial charge in [-0.25, -0.2) is 4.98 Å². The van der Waals surface area contributed by atoms with Crippen molar-refractivity contribution in [3.8, 4) is 5.75 Å². The minimum Gasteiger partial charge on any atom is -0.497 e. The molecule has 0 unspecified atom stereocenters. The van der Waals surface area contributed by atoms with Crippen LogP contribution in [0.15, 0.2) is 29.6 Å². The Balaban J connectivity index is 2.05. The zero-order valence-electron chi connectivity index (χ0n) is 13.3. The van der Waals surface area contributed by atoms with Crippen molar-refractivity contribution in [2.24, 2.45) is 0 Å². The second-order valence-electron chi connectivity index (χ2n) is 4.87. The molecule has 0 aliphatic rings. The zero-order chi connectivity index (χ0) is 16.8. The molecule has 2 rings (SSSR count). The van der Waals surface area contributed by atoms with Gasteiger partial charge in [0.15, 0.2) is 5.01 Å². The van der Waals surface area contributed by atoms with Crippen LogP contribution in [0.5, 0.6) is 5.75 Å². The fourth-order valence-electron chi connectivity index (χ4n) is 1.98. The first kappa shape index (κ1) is 17.0. The van der Waals surface area contributed by atoms with Crippen LogP contribution in [0.2, 0.25) is 0 Å². The highest BCUT2D eigenvalue weighted by Gasteiger charge is 2.17. The Morgan fingerprint density at radius 2 is 2.13 bits per heavy atom. The highest BCUT2D eigenvalue weighted by atomic mass is 32.1. The Kier molecular flexibility index (Phi) is 5.70. The summed E-state index contributed by atoms with van der Waals surface area (Å²) in [6.07, 6.45) is 0. The van der Waals surface area contributed by atoms with Crippen LogP contribution in [0.1, 0.15) is 45.7 Å². The molecular weight excluding hydrogens is 314 g/mol. The molecule has 2 aromatic rings. The van der Waals surface area contributed by atoms with E-state index in [0.29, 0.717) is 6.54 Å². The third kappa shape index (κ3) is 4.29. The number of methoxy groups -OCH3 is 1. The molecule has 2 amide bonds. The Bertz CT molecular complexity index is 699. The molecule has 0 saturated heterocycles. The van der Waals surface area contributed by atoms with Crippen molar-refractivity contribution in [3.05, 3.63) is 45.9 Å². The molecule has 23 heavy (non-hydrogen) atoms. The molecule has 0 spiro atoms. The van der Waals surface area contributed by atoms with E-state index in [0.717, 1.165) is 22.6 Å². The summed E-state index contributed by atoms with van der Waals surface area (Å²) in [5.41, 5.74) is 1.17. The SMILES string of the molecule is CCNC(=O)c1nc(C(=O)N[C@H](C)c2cccc(OC)c2)cs1. The van der Waals surface area contributed by atoms with E-state index in [1.807, 2.05) is 38.1 Å². The van der Waals surface area contributed by atoms with Crippen LogP contribution in [0.4, 0.5) is 0 Å². The van der Waals surface area contributed by atoms with Crippen LogP contribution >= 0.6 is 11.3 Å². The van der Waals surface area contributed by atoms with E-state index >= 15 is 0 Å². The summed E-state index contributed by atoms with van der Waals surface area (Å²) in [5, 5.41) is 7.39. The molecule has 2 N–H and O–H groups in total. The minimum absolute atomic E-state index is 0.202. The van der Waals surface area contributed by atoms with Gasteiger partial charge in [0.05, 0.1) is 13.2 Å². The second kappa shape index (κ2) is 7.73. The lowest BCUT2D eigenvalue weighted by molar-refractivity contribution is 0.0935. The second-order valence-corrected chi connectivity index (χ2v) is 5.73. The first-order chi connectivity index (χ1) is 11.0. The van der Waals surface area contributed by atoms with Crippen molar-refractivity contribution in [3.63, 3.8) is 0 Å². The van der Waals surface area contributed by atoms with Gasteiger partial charge in [-0.15, -0.1) is 11.3 Å². The number of carbonyl (C=O) groups excluding carboxylic acids is 2. The maximum Gasteiger partial charge on any atom is 0.280 e. The number of rotatable bonds is 6. The molecule has 0 fully saturated rings. The highest BCUT2D eigenvalue weighted by Crippen LogP contribution is 2.19. The van der Waals surface area contributed by atoms with E-state index in [9.17, 15) is 9.59 Å². The van der Waals surface area contributed by atoms with Crippen LogP contribution < -0.4 is 15.4 Å². The fraction of sp³-hybridized carbons (Fsp3) is 0.312. The first-order valence-corrected chi connectivity index (χ1v) is 8.11. The molecule has 1 aromatic carbocycles. The summed E-state index contributed by atoms with van der Waals surface area (Å²) in [5.74, 6) is 0.153. The standard InChI is InChI=1S/C16H19N3O3S/c1-4-17-15(21)16-19-13(9-23-16)14(20)18-10(2)11-6-5-7-12(8-11)22-3/h5-10H,4H2,1-3H3,(H,17,21)(H,18,20)/t10-/m1/s1. The fourth-order valence-corrected chi connectivity index (χ4v) is 2.70. The van der Waals surface area contributed by atoms with Crippen LogP contribution in [0.3, 0.4) is 0 Å². The van der Waals surface area contributed by atoms with Crippen LogP contribution in [0, 0.1) is 0 Å². The van der Waals surface area contributed by atoms with Gasteiger partial charge in [0.2, 0.25) is 0 Å². The molecule has 0 aliphatic heterocycles. The minimum atomic E-state index is -0.313. The van der Waals surface area contributed by atoms with E-state index < -0.39 is 0 Å². The maximum absolute atomic E-state index is 12.2. The summed E-state index contributed by atoms with van der Waals surface area (Å²) >= 11 is 1.15. The molecule has 6 nitrogen and oxygen atoms in total. The van der Waals surface area contributed by atoms with Crippen molar-refractivity contribution in [1.29, 1.82) is 0 Å². The number of aromatic nitrogens is 1. The van der Waals surface area contributed by atoms with Gasteiger partial charge in [0.1, 0.15) is 11.4 Å². The molecule has 122 valence electrons. The van der Waals surface area contributed by atoms with E-state index in [1.165, 1.54) is 0 Å². The van der Waals surface area contributed by atoms with Gasteiger partial charge < -0.3 is 15.4 Å². The number of ether oxygens (including phenoxy) is 1. The summed E-state index contributed by atoms with van der Waals surface area (Å²) in [4.78, 5) is 28.0. The Morgan fingerprint density at radius 1 is 1.35 bits per heavy atom. The molecular formula is C16H19N3O3S. The summed E-state index contributed by atoms with van der Waals surface area (Å²) in [6.45, 7) is 4.23. The Hall–Kier alpha value is -2.41. The Labute approximate surface area is 138 Å². The van der Waals surface area contributed by atoms with E-state index in [2.05, 4.69) is 15.6 Å². The molecule has 1 aromatic heterocycles. The molecule has 0 radical (unpaired) electrons. The molecule has 1 atom stereocenters. The number of thiazole rings is 1. The number of nitrogens with zero attached hydrogens (tertiary/aromatic N) is 1. The lowest BCUT2D eigenvalue weighted by Gasteiger charge is -2.14. The van der Waals surface area contributed by atoms with Crippen molar-refractivity contribution in [1.82, 2.24) is 15.6 Å². The van der Waals surface area contributed by atoms with Crippen molar-refractivity contribution in [2.45, 2.75) is 19.9 Å². The van der Waals surface area contributed by atoms with Crippen molar-refractivity contribution in [2.75, 3.05) is 13.7 Å². The smallest absolute Gasteiger partial charge is 0.280 e. The van der Waals surface area contributed by atoms with Gasteiger partial charge in [-0.2, -0.15) is 0 Å². The first-order valence-electron chi connectivity index (χ1n) is 7.23. The normalized spacial score (nSPS) is 11.6. The topological polar surface area (TPSA) is 80.3 Å². The van der Waals surface area contributed by atoms with E-state index in [1.54, 1.807) is 12.5 Å². The van der Waals surface area contributed by atoms with E-state index in [-0.39, 0.29) is 28.6 Å². The van der Waals surface area contributed by atoms with Gasteiger partial charge in [-0.05, 0) is 31.5 Å². The predicted molar refractivity (Wildman–Crippen MR) is 89.0 cm³/mol. The summed E-state index contributed by atoms with van der Waals surface area (Å²) in [6, 6.07) is 7.29. The van der Waals surface area contributed by atoms with Gasteiger partial charge >= 0.3 is 0 Å². The van der Waals surface area contributed by atoms with Crippen LogP contribution in [-0.4, -0.2) is 30.5 Å². The predicted octanol–water partition coefficient (Wildman–Crippen LogP) is 2.39. The van der Waals surface area contributed by atoms with Gasteiger partial charge in [-0.3, -0.25) is 9.59 Å². The monoisotopic (exact) mass is 333 g/mol. The number of carbonyl (C=O) groups is 2. The quantitative estimate of drug-likeness (QED) is 0.850. The number of nitrogens with one attached hydrogen (secondary N) is 2. The number of amides is 2. The number of hydrogen-bond acceptors (Lipinski definition) is 5. The lowest BCUT2D eigenvalue weighted by Crippen LogP contribution is -2.27. The third-order valence-electron chi connectivity index (χ3n) is 3.21. The molecule has 0 aliphatic carbocycles. The third-order valence-corrected chi connectivity index (χ3v) is 4.05. The summed E-state index contributed by atoms with van der Waals surface area (Å²) in [7, 11) is 1.60. The molecule has 0 bridgehead atoms. The average Bonchev–Trinajstić information content (AvgIpc) is 3.05. The largest absolute Gasteiger partial charge is 0.497 e. The van der Waals surface area contributed by atoms with Crippen molar-refractivity contribution < 1.29 is 14.3 Å². The molecule has 7 heteroatoms. The van der Waals surface area contributed by atoms with E-state index in [4.69, 9.17) is 4.74 Å². The maximum atomic E-state index is 12.2. The van der Waals surface area contributed by atoms with Gasteiger partial charge in [0.25, 0.3) is 11.8 Å².